The van der Waals surface area contributed by atoms with E-state index in [4.69, 9.17) is 9.47 Å². The average Bonchev–Trinajstić information content (AvgIpc) is 3.21. The molecule has 1 aliphatic heterocycles. The van der Waals surface area contributed by atoms with Crippen LogP contribution in [0.1, 0.15) is 32.9 Å². The lowest BCUT2D eigenvalue weighted by atomic mass is 10.1. The maximum absolute atomic E-state index is 12.7. The highest BCUT2D eigenvalue weighted by Crippen LogP contribution is 2.33. The molecule has 4 rings (SSSR count). The quantitative estimate of drug-likeness (QED) is 0.765. The summed E-state index contributed by atoms with van der Waals surface area (Å²) in [6, 6.07) is 13.5. The summed E-state index contributed by atoms with van der Waals surface area (Å²) in [6.07, 6.45) is 0. The largest absolute Gasteiger partial charge is 0.454 e. The van der Waals surface area contributed by atoms with Crippen LogP contribution in [0, 0.1) is 20.8 Å². The fourth-order valence-corrected chi connectivity index (χ4v) is 3.24. The summed E-state index contributed by atoms with van der Waals surface area (Å²) >= 11 is 0. The van der Waals surface area contributed by atoms with Crippen LogP contribution in [0.25, 0.3) is 0 Å². The van der Waals surface area contributed by atoms with E-state index in [9.17, 15) is 4.79 Å². The van der Waals surface area contributed by atoms with Gasteiger partial charge < -0.3 is 14.8 Å². The van der Waals surface area contributed by atoms with Crippen molar-refractivity contribution in [3.05, 3.63) is 70.5 Å². The van der Waals surface area contributed by atoms with Gasteiger partial charge in [-0.05, 0) is 44.5 Å². The van der Waals surface area contributed by atoms with Gasteiger partial charge in [0.25, 0.3) is 5.91 Å². The van der Waals surface area contributed by atoms with Gasteiger partial charge in [-0.2, -0.15) is 5.10 Å². The second-order valence-corrected chi connectivity index (χ2v) is 6.71. The molecule has 0 fully saturated rings. The van der Waals surface area contributed by atoms with Crippen LogP contribution < -0.4 is 14.8 Å². The number of carbonyl (C=O) groups excluding carboxylic acids is 1. The predicted molar refractivity (Wildman–Crippen MR) is 103 cm³/mol. The zero-order valence-electron chi connectivity index (χ0n) is 15.6. The number of hydrogen-bond donors (Lipinski definition) is 1. The van der Waals surface area contributed by atoms with Gasteiger partial charge in [0.05, 0.1) is 23.6 Å². The van der Waals surface area contributed by atoms with Gasteiger partial charge >= 0.3 is 0 Å². The second kappa shape index (κ2) is 6.79. The molecule has 0 atom stereocenters. The summed E-state index contributed by atoms with van der Waals surface area (Å²) in [5.74, 6) is 1.05. The molecule has 6 heteroatoms. The minimum Gasteiger partial charge on any atom is -0.454 e. The van der Waals surface area contributed by atoms with Crippen molar-refractivity contribution < 1.29 is 14.3 Å². The van der Waals surface area contributed by atoms with Gasteiger partial charge in [0.1, 0.15) is 0 Å². The van der Waals surface area contributed by atoms with E-state index in [1.54, 1.807) is 18.2 Å². The number of amides is 1. The van der Waals surface area contributed by atoms with Crippen molar-refractivity contribution in [3.8, 4) is 11.5 Å². The molecule has 2 heterocycles. The molecule has 0 unspecified atom stereocenters. The van der Waals surface area contributed by atoms with E-state index < -0.39 is 0 Å². The Morgan fingerprint density at radius 3 is 2.74 bits per heavy atom. The van der Waals surface area contributed by atoms with E-state index in [-0.39, 0.29) is 12.7 Å². The highest BCUT2D eigenvalue weighted by molar-refractivity contribution is 6.05. The van der Waals surface area contributed by atoms with Crippen LogP contribution >= 0.6 is 0 Å². The minimum atomic E-state index is -0.199. The van der Waals surface area contributed by atoms with E-state index in [2.05, 4.69) is 35.5 Å². The molecule has 0 radical (unpaired) electrons. The Morgan fingerprint density at radius 2 is 1.93 bits per heavy atom. The van der Waals surface area contributed by atoms with Crippen molar-refractivity contribution in [2.24, 2.45) is 0 Å². The number of carbonyl (C=O) groups is 1. The van der Waals surface area contributed by atoms with E-state index in [1.165, 1.54) is 11.1 Å². The van der Waals surface area contributed by atoms with Crippen LogP contribution in [-0.2, 0) is 6.54 Å². The standard InChI is InChI=1S/C21H21N3O3/c1-13-5-4-6-16(9-13)11-24-15(3)20(14(2)23-24)22-21(25)17-7-8-18-19(10-17)27-12-26-18/h4-10H,11-12H2,1-3H3,(H,22,25). The van der Waals surface area contributed by atoms with Crippen LogP contribution in [0.3, 0.4) is 0 Å². The molecule has 27 heavy (non-hydrogen) atoms. The summed E-state index contributed by atoms with van der Waals surface area (Å²) in [5, 5.41) is 7.58. The monoisotopic (exact) mass is 363 g/mol. The number of rotatable bonds is 4. The molecule has 3 aromatic rings. The lowest BCUT2D eigenvalue weighted by Gasteiger charge is -2.08. The second-order valence-electron chi connectivity index (χ2n) is 6.71. The molecule has 1 aliphatic rings. The Morgan fingerprint density at radius 1 is 1.11 bits per heavy atom. The number of nitrogens with zero attached hydrogens (tertiary/aromatic N) is 2. The van der Waals surface area contributed by atoms with Crippen LogP contribution in [0.4, 0.5) is 5.69 Å². The SMILES string of the molecule is Cc1cccc(Cn2nc(C)c(NC(=O)c3ccc4c(c3)OCO4)c2C)c1. The molecule has 0 saturated carbocycles. The Hall–Kier alpha value is -3.28. The molecule has 1 aromatic heterocycles. The number of nitrogens with one attached hydrogen (secondary N) is 1. The fourth-order valence-electron chi connectivity index (χ4n) is 3.24. The first-order chi connectivity index (χ1) is 13.0. The molecule has 0 spiro atoms. The summed E-state index contributed by atoms with van der Waals surface area (Å²) < 4.78 is 12.6. The summed E-state index contributed by atoms with van der Waals surface area (Å²) in [5.41, 5.74) is 5.35. The van der Waals surface area contributed by atoms with Gasteiger partial charge in [-0.25, -0.2) is 0 Å². The molecular weight excluding hydrogens is 342 g/mol. The third kappa shape index (κ3) is 3.38. The number of hydrogen-bond acceptors (Lipinski definition) is 4. The van der Waals surface area contributed by atoms with E-state index in [1.807, 2.05) is 24.6 Å². The van der Waals surface area contributed by atoms with Crippen molar-refractivity contribution in [2.75, 3.05) is 12.1 Å². The van der Waals surface area contributed by atoms with Gasteiger partial charge in [0, 0.05) is 5.56 Å². The Kier molecular flexibility index (Phi) is 4.32. The number of ether oxygens (including phenoxy) is 2. The number of fused-ring (bicyclic) bond motifs is 1. The molecule has 0 bridgehead atoms. The van der Waals surface area contributed by atoms with Crippen molar-refractivity contribution in [2.45, 2.75) is 27.3 Å². The van der Waals surface area contributed by atoms with Gasteiger partial charge in [-0.1, -0.05) is 29.8 Å². The Labute approximate surface area is 157 Å². The van der Waals surface area contributed by atoms with Gasteiger partial charge in [0.15, 0.2) is 11.5 Å². The lowest BCUT2D eigenvalue weighted by molar-refractivity contribution is 0.102. The smallest absolute Gasteiger partial charge is 0.255 e. The zero-order chi connectivity index (χ0) is 19.0. The molecule has 0 saturated heterocycles. The molecular formula is C21H21N3O3. The lowest BCUT2D eigenvalue weighted by Crippen LogP contribution is -2.13. The van der Waals surface area contributed by atoms with Crippen molar-refractivity contribution >= 4 is 11.6 Å². The van der Waals surface area contributed by atoms with Crippen molar-refractivity contribution in [3.63, 3.8) is 0 Å². The molecule has 1 N–H and O–H groups in total. The normalized spacial score (nSPS) is 12.3. The van der Waals surface area contributed by atoms with E-state index in [0.717, 1.165) is 17.1 Å². The fraction of sp³-hybridized carbons (Fsp3) is 0.238. The highest BCUT2D eigenvalue weighted by atomic mass is 16.7. The summed E-state index contributed by atoms with van der Waals surface area (Å²) in [4.78, 5) is 12.7. The molecule has 138 valence electrons. The van der Waals surface area contributed by atoms with Crippen LogP contribution in [0.5, 0.6) is 11.5 Å². The van der Waals surface area contributed by atoms with E-state index >= 15 is 0 Å². The number of aromatic nitrogens is 2. The van der Waals surface area contributed by atoms with Crippen LogP contribution in [0.2, 0.25) is 0 Å². The zero-order valence-corrected chi connectivity index (χ0v) is 15.6. The Bertz CT molecular complexity index is 1020. The first-order valence-corrected chi connectivity index (χ1v) is 8.82. The van der Waals surface area contributed by atoms with Gasteiger partial charge in [0.2, 0.25) is 6.79 Å². The van der Waals surface area contributed by atoms with Crippen molar-refractivity contribution in [1.29, 1.82) is 0 Å². The van der Waals surface area contributed by atoms with Crippen molar-refractivity contribution in [1.82, 2.24) is 9.78 Å². The van der Waals surface area contributed by atoms with Crippen LogP contribution in [-0.4, -0.2) is 22.5 Å². The Balaban J connectivity index is 1.55. The number of aryl methyl sites for hydroxylation is 2. The topological polar surface area (TPSA) is 65.4 Å². The third-order valence-electron chi connectivity index (χ3n) is 4.67. The minimum absolute atomic E-state index is 0.185. The van der Waals surface area contributed by atoms with Gasteiger partial charge in [-0.3, -0.25) is 9.48 Å². The third-order valence-corrected chi connectivity index (χ3v) is 4.67. The maximum atomic E-state index is 12.7. The number of benzene rings is 2. The highest BCUT2D eigenvalue weighted by Gasteiger charge is 2.19. The first kappa shape index (κ1) is 17.1. The predicted octanol–water partition coefficient (Wildman–Crippen LogP) is 3.84. The van der Waals surface area contributed by atoms with E-state index in [0.29, 0.717) is 23.6 Å². The molecule has 2 aromatic carbocycles. The van der Waals surface area contributed by atoms with Gasteiger partial charge in [-0.15, -0.1) is 0 Å². The van der Waals surface area contributed by atoms with Crippen LogP contribution in [0.15, 0.2) is 42.5 Å². The summed E-state index contributed by atoms with van der Waals surface area (Å²) in [7, 11) is 0. The summed E-state index contributed by atoms with van der Waals surface area (Å²) in [6.45, 7) is 6.78. The first-order valence-electron chi connectivity index (χ1n) is 8.82. The molecule has 0 aliphatic carbocycles. The number of anilines is 1. The maximum Gasteiger partial charge on any atom is 0.255 e. The molecule has 6 nitrogen and oxygen atoms in total. The average molecular weight is 363 g/mol. The molecule has 1 amide bonds.